The molecule has 1 fully saturated rings. The number of aryl methyl sites for hydroxylation is 1. The molecule has 0 radical (unpaired) electrons. The van der Waals surface area contributed by atoms with Crippen molar-refractivity contribution < 1.29 is 9.50 Å². The SMILES string of the molecule is Cc1ccc(-c2cc(C(O)CC3CCCCN3)c3cc(F)ccc3n2)cc1. The van der Waals surface area contributed by atoms with E-state index < -0.39 is 6.10 Å². The second-order valence-electron chi connectivity index (χ2n) is 7.52. The van der Waals surface area contributed by atoms with E-state index in [1.54, 1.807) is 6.07 Å². The Morgan fingerprint density at radius 2 is 1.96 bits per heavy atom. The highest BCUT2D eigenvalue weighted by molar-refractivity contribution is 5.85. The monoisotopic (exact) mass is 364 g/mol. The maximum atomic E-state index is 13.9. The minimum atomic E-state index is -0.655. The smallest absolute Gasteiger partial charge is 0.123 e. The molecule has 2 aromatic carbocycles. The zero-order valence-electron chi connectivity index (χ0n) is 15.6. The molecule has 2 N–H and O–H groups in total. The van der Waals surface area contributed by atoms with E-state index >= 15 is 0 Å². The second-order valence-corrected chi connectivity index (χ2v) is 7.52. The summed E-state index contributed by atoms with van der Waals surface area (Å²) in [5, 5.41) is 15.2. The van der Waals surface area contributed by atoms with Crippen LogP contribution in [0.4, 0.5) is 4.39 Å². The standard InChI is InChI=1S/C23H25FN2O/c1-15-5-7-16(8-6-15)22-14-20(19-12-17(24)9-10-21(19)26-22)23(27)13-18-4-2-3-11-25-18/h5-10,12,14,18,23,25,27H,2-4,11,13H2,1H3. The van der Waals surface area contributed by atoms with Crippen LogP contribution in [-0.4, -0.2) is 22.7 Å². The molecule has 2 unspecified atom stereocenters. The summed E-state index contributed by atoms with van der Waals surface area (Å²) in [6.07, 6.45) is 3.41. The van der Waals surface area contributed by atoms with E-state index in [0.717, 1.165) is 29.8 Å². The van der Waals surface area contributed by atoms with Crippen LogP contribution < -0.4 is 5.32 Å². The minimum absolute atomic E-state index is 0.299. The molecule has 1 aliphatic heterocycles. The molecule has 0 bridgehead atoms. The number of aromatic nitrogens is 1. The summed E-state index contributed by atoms with van der Waals surface area (Å²) in [5.41, 5.74) is 4.45. The van der Waals surface area contributed by atoms with Gasteiger partial charge in [0.05, 0.1) is 17.3 Å². The average molecular weight is 364 g/mol. The first-order valence-corrected chi connectivity index (χ1v) is 9.69. The Balaban J connectivity index is 1.76. The maximum Gasteiger partial charge on any atom is 0.123 e. The van der Waals surface area contributed by atoms with Crippen LogP contribution in [0.1, 0.15) is 42.9 Å². The highest BCUT2D eigenvalue weighted by Gasteiger charge is 2.21. The van der Waals surface area contributed by atoms with Crippen LogP contribution in [0.2, 0.25) is 0 Å². The third-order valence-corrected chi connectivity index (χ3v) is 5.43. The van der Waals surface area contributed by atoms with Gasteiger partial charge >= 0.3 is 0 Å². The van der Waals surface area contributed by atoms with Gasteiger partial charge < -0.3 is 10.4 Å². The molecule has 1 saturated heterocycles. The van der Waals surface area contributed by atoms with Crippen LogP contribution in [-0.2, 0) is 0 Å². The zero-order valence-corrected chi connectivity index (χ0v) is 15.6. The van der Waals surface area contributed by atoms with Crippen molar-refractivity contribution in [3.8, 4) is 11.3 Å². The lowest BCUT2D eigenvalue weighted by Gasteiger charge is -2.26. The number of rotatable bonds is 4. The summed E-state index contributed by atoms with van der Waals surface area (Å²) in [6, 6.07) is 15.0. The number of halogens is 1. The summed E-state index contributed by atoms with van der Waals surface area (Å²) >= 11 is 0. The molecular weight excluding hydrogens is 339 g/mol. The molecule has 3 aromatic rings. The number of nitrogens with zero attached hydrogens (tertiary/aromatic N) is 1. The Hall–Kier alpha value is -2.30. The van der Waals surface area contributed by atoms with Gasteiger partial charge in [-0.05, 0) is 62.6 Å². The number of fused-ring (bicyclic) bond motifs is 1. The predicted octanol–water partition coefficient (Wildman–Crippen LogP) is 4.91. The predicted molar refractivity (Wildman–Crippen MR) is 107 cm³/mol. The molecule has 2 heterocycles. The normalized spacial score (nSPS) is 18.6. The molecule has 0 spiro atoms. The molecule has 1 aromatic heterocycles. The fraction of sp³-hybridized carbons (Fsp3) is 0.348. The van der Waals surface area contributed by atoms with Crippen molar-refractivity contribution in [2.24, 2.45) is 0 Å². The van der Waals surface area contributed by atoms with Crippen molar-refractivity contribution in [2.75, 3.05) is 6.54 Å². The zero-order chi connectivity index (χ0) is 18.8. The van der Waals surface area contributed by atoms with Crippen molar-refractivity contribution in [1.82, 2.24) is 10.3 Å². The van der Waals surface area contributed by atoms with Crippen LogP contribution in [0.25, 0.3) is 22.2 Å². The lowest BCUT2D eigenvalue weighted by Crippen LogP contribution is -2.35. The van der Waals surface area contributed by atoms with Crippen molar-refractivity contribution in [3.63, 3.8) is 0 Å². The van der Waals surface area contributed by atoms with Crippen LogP contribution in [0.15, 0.2) is 48.5 Å². The van der Waals surface area contributed by atoms with E-state index in [1.807, 2.05) is 37.3 Å². The summed E-state index contributed by atoms with van der Waals surface area (Å²) in [7, 11) is 0. The Labute approximate surface area is 159 Å². The summed E-state index contributed by atoms with van der Waals surface area (Å²) < 4.78 is 13.9. The average Bonchev–Trinajstić information content (AvgIpc) is 2.68. The van der Waals surface area contributed by atoms with E-state index in [4.69, 9.17) is 4.98 Å². The molecule has 0 aliphatic carbocycles. The lowest BCUT2D eigenvalue weighted by molar-refractivity contribution is 0.146. The number of nitrogens with one attached hydrogen (secondary N) is 1. The number of pyridine rings is 1. The number of aliphatic hydroxyl groups excluding tert-OH is 1. The lowest BCUT2D eigenvalue weighted by atomic mass is 9.93. The van der Waals surface area contributed by atoms with E-state index in [9.17, 15) is 9.50 Å². The van der Waals surface area contributed by atoms with Crippen molar-refractivity contribution in [1.29, 1.82) is 0 Å². The summed E-state index contributed by atoms with van der Waals surface area (Å²) in [5.74, 6) is -0.309. The van der Waals surface area contributed by atoms with Gasteiger partial charge in [0, 0.05) is 17.0 Å². The highest BCUT2D eigenvalue weighted by atomic mass is 19.1. The van der Waals surface area contributed by atoms with Gasteiger partial charge in [0.15, 0.2) is 0 Å². The maximum absolute atomic E-state index is 13.9. The Morgan fingerprint density at radius 3 is 2.70 bits per heavy atom. The first kappa shape index (κ1) is 18.1. The largest absolute Gasteiger partial charge is 0.388 e. The molecule has 3 nitrogen and oxygen atoms in total. The van der Waals surface area contributed by atoms with E-state index in [2.05, 4.69) is 5.32 Å². The first-order chi connectivity index (χ1) is 13.1. The van der Waals surface area contributed by atoms with Crippen LogP contribution in [0.3, 0.4) is 0 Å². The fourth-order valence-electron chi connectivity index (χ4n) is 3.89. The van der Waals surface area contributed by atoms with Gasteiger partial charge in [0.25, 0.3) is 0 Å². The molecular formula is C23H25FN2O. The first-order valence-electron chi connectivity index (χ1n) is 9.69. The highest BCUT2D eigenvalue weighted by Crippen LogP contribution is 2.32. The van der Waals surface area contributed by atoms with Gasteiger partial charge in [-0.1, -0.05) is 36.2 Å². The number of hydrogen-bond donors (Lipinski definition) is 2. The van der Waals surface area contributed by atoms with Crippen LogP contribution in [0, 0.1) is 12.7 Å². The van der Waals surface area contributed by atoms with Crippen molar-refractivity contribution >= 4 is 10.9 Å². The molecule has 0 saturated carbocycles. The third kappa shape index (κ3) is 4.02. The molecule has 4 heteroatoms. The van der Waals surface area contributed by atoms with Crippen molar-refractivity contribution in [3.05, 3.63) is 65.5 Å². The second kappa shape index (κ2) is 7.75. The summed E-state index contributed by atoms with van der Waals surface area (Å²) in [4.78, 5) is 4.71. The molecule has 1 aliphatic rings. The van der Waals surface area contributed by atoms with Gasteiger partial charge in [0.1, 0.15) is 5.82 Å². The number of aliphatic hydroxyl groups is 1. The Bertz CT molecular complexity index is 933. The van der Waals surface area contributed by atoms with E-state index in [1.165, 1.54) is 30.5 Å². The van der Waals surface area contributed by atoms with Crippen LogP contribution in [0.5, 0.6) is 0 Å². The van der Waals surface area contributed by atoms with Gasteiger partial charge in [-0.3, -0.25) is 0 Å². The number of piperidine rings is 1. The fourth-order valence-corrected chi connectivity index (χ4v) is 3.89. The molecule has 2 atom stereocenters. The number of benzene rings is 2. The minimum Gasteiger partial charge on any atom is -0.388 e. The number of hydrogen-bond acceptors (Lipinski definition) is 3. The Kier molecular flexibility index (Phi) is 5.19. The Morgan fingerprint density at radius 1 is 1.15 bits per heavy atom. The van der Waals surface area contributed by atoms with Gasteiger partial charge in [0.2, 0.25) is 0 Å². The molecule has 27 heavy (non-hydrogen) atoms. The van der Waals surface area contributed by atoms with E-state index in [0.29, 0.717) is 23.4 Å². The molecule has 4 rings (SSSR count). The molecule has 140 valence electrons. The van der Waals surface area contributed by atoms with Crippen LogP contribution >= 0.6 is 0 Å². The van der Waals surface area contributed by atoms with Gasteiger partial charge in [-0.25, -0.2) is 9.37 Å². The molecule has 0 amide bonds. The quantitative estimate of drug-likeness (QED) is 0.691. The van der Waals surface area contributed by atoms with Gasteiger partial charge in [-0.15, -0.1) is 0 Å². The van der Waals surface area contributed by atoms with Crippen molar-refractivity contribution in [2.45, 2.75) is 44.8 Å². The summed E-state index contributed by atoms with van der Waals surface area (Å²) in [6.45, 7) is 3.05. The third-order valence-electron chi connectivity index (χ3n) is 5.43. The van der Waals surface area contributed by atoms with Gasteiger partial charge in [-0.2, -0.15) is 0 Å². The topological polar surface area (TPSA) is 45.1 Å². The van der Waals surface area contributed by atoms with E-state index in [-0.39, 0.29) is 5.82 Å².